The number of hydrogen-bond acceptors (Lipinski definition) is 3. The molecule has 2 aromatic carbocycles. The Labute approximate surface area is 165 Å². The van der Waals surface area contributed by atoms with Crippen molar-refractivity contribution in [3.05, 3.63) is 65.5 Å². The Kier molecular flexibility index (Phi) is 7.55. The standard InChI is InChI=1S/C22H27FN2O3/c1-15(2)24-22(27)17(4)25(13-18-7-5-6-8-20(18)23)21(26)14-28-19-11-9-16(3)10-12-19/h5-12,15,17H,13-14H2,1-4H3,(H,24,27)/t17-/m0/s1. The maximum atomic E-state index is 14.1. The molecule has 0 radical (unpaired) electrons. The molecule has 1 atom stereocenters. The molecule has 0 saturated carbocycles. The van der Waals surface area contributed by atoms with Gasteiger partial charge >= 0.3 is 0 Å². The van der Waals surface area contributed by atoms with E-state index >= 15 is 0 Å². The van der Waals surface area contributed by atoms with Gasteiger partial charge in [-0.25, -0.2) is 4.39 Å². The van der Waals surface area contributed by atoms with E-state index in [1.54, 1.807) is 37.3 Å². The Balaban J connectivity index is 2.15. The van der Waals surface area contributed by atoms with Crippen LogP contribution in [0.15, 0.2) is 48.5 Å². The second kappa shape index (κ2) is 9.88. The number of nitrogens with one attached hydrogen (secondary N) is 1. The van der Waals surface area contributed by atoms with Crippen LogP contribution in [0.2, 0.25) is 0 Å². The zero-order valence-corrected chi connectivity index (χ0v) is 16.7. The van der Waals surface area contributed by atoms with Crippen molar-refractivity contribution in [2.75, 3.05) is 6.61 Å². The van der Waals surface area contributed by atoms with Crippen LogP contribution in [0.4, 0.5) is 4.39 Å². The fourth-order valence-corrected chi connectivity index (χ4v) is 2.66. The van der Waals surface area contributed by atoms with E-state index in [2.05, 4.69) is 5.32 Å². The zero-order chi connectivity index (χ0) is 20.7. The highest BCUT2D eigenvalue weighted by atomic mass is 19.1. The smallest absolute Gasteiger partial charge is 0.261 e. The van der Waals surface area contributed by atoms with Crippen LogP contribution in [0.5, 0.6) is 5.75 Å². The van der Waals surface area contributed by atoms with Gasteiger partial charge in [-0.3, -0.25) is 9.59 Å². The molecule has 2 amide bonds. The maximum Gasteiger partial charge on any atom is 0.261 e. The highest BCUT2D eigenvalue weighted by molar-refractivity contribution is 5.88. The van der Waals surface area contributed by atoms with Crippen molar-refractivity contribution >= 4 is 11.8 Å². The summed E-state index contributed by atoms with van der Waals surface area (Å²) in [6, 6.07) is 12.7. The first kappa shape index (κ1) is 21.4. The molecule has 0 bridgehead atoms. The number of rotatable bonds is 8. The Morgan fingerprint density at radius 3 is 2.32 bits per heavy atom. The number of ether oxygens (including phenoxy) is 1. The SMILES string of the molecule is Cc1ccc(OCC(=O)N(Cc2ccccc2F)[C@@H](C)C(=O)NC(C)C)cc1. The number of halogens is 1. The number of benzene rings is 2. The summed E-state index contributed by atoms with van der Waals surface area (Å²) in [5.74, 6) is -0.550. The van der Waals surface area contributed by atoms with E-state index in [1.807, 2.05) is 32.9 Å². The van der Waals surface area contributed by atoms with Crippen molar-refractivity contribution in [3.63, 3.8) is 0 Å². The van der Waals surface area contributed by atoms with Crippen molar-refractivity contribution < 1.29 is 18.7 Å². The van der Waals surface area contributed by atoms with Gasteiger partial charge in [0, 0.05) is 18.2 Å². The van der Waals surface area contributed by atoms with Crippen molar-refractivity contribution in [2.45, 2.75) is 46.3 Å². The molecule has 0 heterocycles. The first-order valence-electron chi connectivity index (χ1n) is 9.30. The molecule has 0 spiro atoms. The molecular weight excluding hydrogens is 359 g/mol. The summed E-state index contributed by atoms with van der Waals surface area (Å²) in [6.45, 7) is 7.01. The summed E-state index contributed by atoms with van der Waals surface area (Å²) in [5.41, 5.74) is 1.43. The molecular formula is C22H27FN2O3. The second-order valence-electron chi connectivity index (χ2n) is 7.05. The summed E-state index contributed by atoms with van der Waals surface area (Å²) < 4.78 is 19.7. The molecule has 28 heavy (non-hydrogen) atoms. The molecule has 0 saturated heterocycles. The minimum Gasteiger partial charge on any atom is -0.484 e. The van der Waals surface area contributed by atoms with Crippen LogP contribution < -0.4 is 10.1 Å². The average molecular weight is 386 g/mol. The van der Waals surface area contributed by atoms with Gasteiger partial charge in [0.1, 0.15) is 17.6 Å². The lowest BCUT2D eigenvalue weighted by molar-refractivity contribution is -0.142. The maximum absolute atomic E-state index is 14.1. The molecule has 6 heteroatoms. The molecule has 2 rings (SSSR count). The van der Waals surface area contributed by atoms with Gasteiger partial charge in [0.2, 0.25) is 5.91 Å². The lowest BCUT2D eigenvalue weighted by atomic mass is 10.1. The van der Waals surface area contributed by atoms with Gasteiger partial charge in [-0.05, 0) is 45.9 Å². The lowest BCUT2D eigenvalue weighted by Gasteiger charge is -2.29. The van der Waals surface area contributed by atoms with Crippen molar-refractivity contribution in [1.29, 1.82) is 0 Å². The molecule has 0 aliphatic rings. The number of carbonyl (C=O) groups is 2. The molecule has 5 nitrogen and oxygen atoms in total. The number of hydrogen-bond donors (Lipinski definition) is 1. The Bertz CT molecular complexity index is 806. The number of nitrogens with zero attached hydrogens (tertiary/aromatic N) is 1. The minimum absolute atomic E-state index is 0.0184. The first-order chi connectivity index (χ1) is 13.3. The second-order valence-corrected chi connectivity index (χ2v) is 7.05. The van der Waals surface area contributed by atoms with E-state index in [0.717, 1.165) is 5.56 Å². The van der Waals surface area contributed by atoms with E-state index in [4.69, 9.17) is 4.74 Å². The van der Waals surface area contributed by atoms with E-state index < -0.39 is 17.8 Å². The largest absolute Gasteiger partial charge is 0.484 e. The summed E-state index contributed by atoms with van der Waals surface area (Å²) >= 11 is 0. The van der Waals surface area contributed by atoms with Crippen molar-refractivity contribution in [2.24, 2.45) is 0 Å². The van der Waals surface area contributed by atoms with Gasteiger partial charge in [-0.1, -0.05) is 35.9 Å². The lowest BCUT2D eigenvalue weighted by Crippen LogP contribution is -2.50. The van der Waals surface area contributed by atoms with E-state index in [1.165, 1.54) is 11.0 Å². The monoisotopic (exact) mass is 386 g/mol. The molecule has 1 N–H and O–H groups in total. The molecule has 0 aliphatic carbocycles. The number of aryl methyl sites for hydroxylation is 1. The van der Waals surface area contributed by atoms with Crippen molar-refractivity contribution in [1.82, 2.24) is 10.2 Å². The van der Waals surface area contributed by atoms with Crippen LogP contribution in [0.25, 0.3) is 0 Å². The third kappa shape index (κ3) is 6.08. The van der Waals surface area contributed by atoms with Gasteiger partial charge in [0.05, 0.1) is 0 Å². The molecule has 2 aromatic rings. The third-order valence-corrected chi connectivity index (χ3v) is 4.28. The molecule has 0 aliphatic heterocycles. The van der Waals surface area contributed by atoms with Crippen molar-refractivity contribution in [3.8, 4) is 5.75 Å². The van der Waals surface area contributed by atoms with E-state index in [-0.39, 0.29) is 25.1 Å². The Hall–Kier alpha value is -2.89. The van der Waals surface area contributed by atoms with Gasteiger partial charge in [-0.15, -0.1) is 0 Å². The normalized spacial score (nSPS) is 11.8. The summed E-state index contributed by atoms with van der Waals surface area (Å²) in [5, 5.41) is 2.79. The fraction of sp³-hybridized carbons (Fsp3) is 0.364. The summed E-state index contributed by atoms with van der Waals surface area (Å²) in [7, 11) is 0. The Morgan fingerprint density at radius 1 is 1.07 bits per heavy atom. The summed E-state index contributed by atoms with van der Waals surface area (Å²) in [4.78, 5) is 26.6. The molecule has 0 unspecified atom stereocenters. The highest BCUT2D eigenvalue weighted by Gasteiger charge is 2.27. The molecule has 150 valence electrons. The minimum atomic E-state index is -0.767. The van der Waals surface area contributed by atoms with Crippen LogP contribution >= 0.6 is 0 Å². The topological polar surface area (TPSA) is 58.6 Å². The quantitative estimate of drug-likeness (QED) is 0.756. The molecule has 0 fully saturated rings. The van der Waals surface area contributed by atoms with Crippen LogP contribution in [0.3, 0.4) is 0 Å². The first-order valence-corrected chi connectivity index (χ1v) is 9.30. The predicted octanol–water partition coefficient (Wildman–Crippen LogP) is 3.45. The van der Waals surface area contributed by atoms with E-state index in [9.17, 15) is 14.0 Å². The zero-order valence-electron chi connectivity index (χ0n) is 16.7. The van der Waals surface area contributed by atoms with Crippen LogP contribution in [0, 0.1) is 12.7 Å². The third-order valence-electron chi connectivity index (χ3n) is 4.28. The predicted molar refractivity (Wildman–Crippen MR) is 106 cm³/mol. The highest BCUT2D eigenvalue weighted by Crippen LogP contribution is 2.15. The Morgan fingerprint density at radius 2 is 1.71 bits per heavy atom. The fourth-order valence-electron chi connectivity index (χ4n) is 2.66. The van der Waals surface area contributed by atoms with E-state index in [0.29, 0.717) is 11.3 Å². The summed E-state index contributed by atoms with van der Waals surface area (Å²) in [6.07, 6.45) is 0. The van der Waals surface area contributed by atoms with Gasteiger partial charge in [-0.2, -0.15) is 0 Å². The number of amides is 2. The van der Waals surface area contributed by atoms with Gasteiger partial charge in [0.15, 0.2) is 6.61 Å². The van der Waals surface area contributed by atoms with Gasteiger partial charge < -0.3 is 15.0 Å². The van der Waals surface area contributed by atoms with Crippen LogP contribution in [0.1, 0.15) is 31.9 Å². The number of carbonyl (C=O) groups excluding carboxylic acids is 2. The van der Waals surface area contributed by atoms with Crippen LogP contribution in [-0.4, -0.2) is 35.4 Å². The van der Waals surface area contributed by atoms with Gasteiger partial charge in [0.25, 0.3) is 5.91 Å². The molecule has 0 aromatic heterocycles. The van der Waals surface area contributed by atoms with Crippen LogP contribution in [-0.2, 0) is 16.1 Å². The average Bonchev–Trinajstić information content (AvgIpc) is 2.65.